The van der Waals surface area contributed by atoms with Gasteiger partial charge in [-0.05, 0) is 6.92 Å². The van der Waals surface area contributed by atoms with Crippen LogP contribution < -0.4 is 0 Å². The van der Waals surface area contributed by atoms with Crippen LogP contribution in [0.4, 0.5) is 0 Å². The fourth-order valence-electron chi connectivity index (χ4n) is 0.276. The van der Waals surface area contributed by atoms with Gasteiger partial charge in [0.25, 0.3) is 0 Å². The van der Waals surface area contributed by atoms with Crippen molar-refractivity contribution in [1.82, 2.24) is 4.90 Å². The van der Waals surface area contributed by atoms with E-state index in [9.17, 15) is 0 Å². The lowest BCUT2D eigenvalue weighted by atomic mass is 10.6. The van der Waals surface area contributed by atoms with Crippen molar-refractivity contribution in [2.45, 2.75) is 6.92 Å². The smallest absolute Gasteiger partial charge is 0.123 e. The van der Waals surface area contributed by atoms with E-state index in [2.05, 4.69) is 11.6 Å². The molecular formula is C6H11ClN2. The molecule has 3 heteroatoms. The first-order valence-electron chi connectivity index (χ1n) is 2.61. The molecule has 0 N–H and O–H groups in total. The Morgan fingerprint density at radius 2 is 2.00 bits per heavy atom. The highest BCUT2D eigenvalue weighted by Crippen LogP contribution is 1.98. The molecule has 0 aromatic rings. The van der Waals surface area contributed by atoms with Crippen LogP contribution in [0.2, 0.25) is 0 Å². The van der Waals surface area contributed by atoms with Gasteiger partial charge in [0.2, 0.25) is 0 Å². The molecule has 52 valence electrons. The third-order valence-corrected chi connectivity index (χ3v) is 1.01. The summed E-state index contributed by atoms with van der Waals surface area (Å²) in [5.74, 6) is 0.856. The van der Waals surface area contributed by atoms with Gasteiger partial charge < -0.3 is 4.90 Å². The van der Waals surface area contributed by atoms with E-state index in [-0.39, 0.29) is 0 Å². The van der Waals surface area contributed by atoms with Crippen molar-refractivity contribution in [3.05, 3.63) is 11.7 Å². The number of amidine groups is 1. The van der Waals surface area contributed by atoms with Gasteiger partial charge in [0, 0.05) is 14.1 Å². The molecule has 0 bridgehead atoms. The lowest BCUT2D eigenvalue weighted by molar-refractivity contribution is 0.618. The molecule has 0 spiro atoms. The highest BCUT2D eigenvalue weighted by atomic mass is 35.5. The standard InChI is InChI=1S/C6H11ClN2/c1-5(7)8-6(2)9(3)4/h1H2,2-4H3/b8-6-. The van der Waals surface area contributed by atoms with E-state index in [4.69, 9.17) is 11.6 Å². The molecule has 0 saturated heterocycles. The van der Waals surface area contributed by atoms with Crippen LogP contribution >= 0.6 is 11.6 Å². The number of hydrogen-bond donors (Lipinski definition) is 0. The Balaban J connectivity index is 4.00. The van der Waals surface area contributed by atoms with Crippen LogP contribution in [0.3, 0.4) is 0 Å². The van der Waals surface area contributed by atoms with Crippen molar-refractivity contribution in [1.29, 1.82) is 0 Å². The van der Waals surface area contributed by atoms with Crippen molar-refractivity contribution >= 4 is 17.4 Å². The number of nitrogens with zero attached hydrogens (tertiary/aromatic N) is 2. The van der Waals surface area contributed by atoms with Gasteiger partial charge >= 0.3 is 0 Å². The second-order valence-electron chi connectivity index (χ2n) is 1.93. The summed E-state index contributed by atoms with van der Waals surface area (Å²) in [5, 5.41) is 0.321. The largest absolute Gasteiger partial charge is 0.366 e. The van der Waals surface area contributed by atoms with Gasteiger partial charge in [0.05, 0.1) is 0 Å². The number of aliphatic imine (C=N–C) groups is 1. The van der Waals surface area contributed by atoms with Gasteiger partial charge in [-0.2, -0.15) is 0 Å². The highest BCUT2D eigenvalue weighted by molar-refractivity contribution is 6.29. The van der Waals surface area contributed by atoms with Crippen LogP contribution in [0, 0.1) is 0 Å². The van der Waals surface area contributed by atoms with Crippen molar-refractivity contribution in [3.63, 3.8) is 0 Å². The maximum absolute atomic E-state index is 5.41. The lowest BCUT2D eigenvalue weighted by Gasteiger charge is -2.09. The van der Waals surface area contributed by atoms with Gasteiger partial charge in [0.1, 0.15) is 11.0 Å². The van der Waals surface area contributed by atoms with Crippen LogP contribution in [0.1, 0.15) is 6.92 Å². The summed E-state index contributed by atoms with van der Waals surface area (Å²) >= 11 is 5.41. The van der Waals surface area contributed by atoms with Crippen LogP contribution in [0.15, 0.2) is 16.7 Å². The summed E-state index contributed by atoms with van der Waals surface area (Å²) < 4.78 is 0. The van der Waals surface area contributed by atoms with Crippen molar-refractivity contribution in [2.75, 3.05) is 14.1 Å². The van der Waals surface area contributed by atoms with Crippen LogP contribution in [0.5, 0.6) is 0 Å². The lowest BCUT2D eigenvalue weighted by Crippen LogP contribution is -2.17. The molecule has 9 heavy (non-hydrogen) atoms. The Hall–Kier alpha value is -0.500. The second kappa shape index (κ2) is 3.51. The van der Waals surface area contributed by atoms with E-state index in [0.29, 0.717) is 5.16 Å². The molecule has 2 nitrogen and oxygen atoms in total. The minimum absolute atomic E-state index is 0.321. The number of halogens is 1. The molecule has 0 aromatic heterocycles. The predicted molar refractivity (Wildman–Crippen MR) is 41.8 cm³/mol. The molecular weight excluding hydrogens is 136 g/mol. The average Bonchev–Trinajstić information content (AvgIpc) is 1.63. The Morgan fingerprint density at radius 3 is 2.11 bits per heavy atom. The van der Waals surface area contributed by atoms with Crippen molar-refractivity contribution in [3.8, 4) is 0 Å². The quantitative estimate of drug-likeness (QED) is 0.312. The molecule has 0 fully saturated rings. The van der Waals surface area contributed by atoms with Crippen LogP contribution in [-0.4, -0.2) is 24.8 Å². The van der Waals surface area contributed by atoms with E-state index in [1.807, 2.05) is 25.9 Å². The van der Waals surface area contributed by atoms with Gasteiger partial charge in [-0.1, -0.05) is 18.2 Å². The topological polar surface area (TPSA) is 15.6 Å². The molecule has 0 aliphatic carbocycles. The van der Waals surface area contributed by atoms with E-state index < -0.39 is 0 Å². The SMILES string of the molecule is C=C(Cl)/N=C(/C)N(C)C. The van der Waals surface area contributed by atoms with Gasteiger partial charge in [-0.3, -0.25) is 0 Å². The van der Waals surface area contributed by atoms with Crippen LogP contribution in [0.25, 0.3) is 0 Å². The highest BCUT2D eigenvalue weighted by Gasteiger charge is 1.90. The summed E-state index contributed by atoms with van der Waals surface area (Å²) in [7, 11) is 3.80. The number of hydrogen-bond acceptors (Lipinski definition) is 1. The molecule has 0 radical (unpaired) electrons. The molecule has 0 aliphatic heterocycles. The minimum Gasteiger partial charge on any atom is -0.366 e. The summed E-state index contributed by atoms with van der Waals surface area (Å²) in [6.45, 7) is 5.30. The van der Waals surface area contributed by atoms with Gasteiger partial charge in [-0.25, -0.2) is 4.99 Å². The first-order valence-corrected chi connectivity index (χ1v) is 2.99. The molecule has 0 atom stereocenters. The van der Waals surface area contributed by atoms with Gasteiger partial charge in [-0.15, -0.1) is 0 Å². The molecule has 0 unspecified atom stereocenters. The third kappa shape index (κ3) is 4.03. The number of rotatable bonds is 1. The zero-order valence-electron chi connectivity index (χ0n) is 5.98. The molecule has 0 amide bonds. The Labute approximate surface area is 60.8 Å². The van der Waals surface area contributed by atoms with E-state index in [1.165, 1.54) is 0 Å². The molecule has 0 saturated carbocycles. The van der Waals surface area contributed by atoms with Gasteiger partial charge in [0.15, 0.2) is 0 Å². The minimum atomic E-state index is 0.321. The Morgan fingerprint density at radius 1 is 1.56 bits per heavy atom. The zero-order chi connectivity index (χ0) is 7.44. The van der Waals surface area contributed by atoms with E-state index in [0.717, 1.165) is 5.84 Å². The third-order valence-electron chi connectivity index (χ3n) is 0.930. The van der Waals surface area contributed by atoms with E-state index in [1.54, 1.807) is 0 Å². The summed E-state index contributed by atoms with van der Waals surface area (Å²) in [5.41, 5.74) is 0. The van der Waals surface area contributed by atoms with Crippen molar-refractivity contribution in [2.24, 2.45) is 4.99 Å². The fraction of sp³-hybridized carbons (Fsp3) is 0.500. The predicted octanol–water partition coefficient (Wildman–Crippen LogP) is 1.68. The summed E-state index contributed by atoms with van der Waals surface area (Å²) in [6, 6.07) is 0. The van der Waals surface area contributed by atoms with Crippen molar-refractivity contribution < 1.29 is 0 Å². The monoisotopic (exact) mass is 146 g/mol. The molecule has 0 heterocycles. The summed E-state index contributed by atoms with van der Waals surface area (Å²) in [4.78, 5) is 5.76. The Bertz CT molecular complexity index is 138. The molecule has 0 rings (SSSR count). The maximum Gasteiger partial charge on any atom is 0.123 e. The maximum atomic E-state index is 5.41. The summed E-state index contributed by atoms with van der Waals surface area (Å²) in [6.07, 6.45) is 0. The molecule has 0 aromatic carbocycles. The molecule has 0 aliphatic rings. The zero-order valence-corrected chi connectivity index (χ0v) is 6.74. The first-order chi connectivity index (χ1) is 4.04. The fourth-order valence-corrected chi connectivity index (χ4v) is 0.398. The van der Waals surface area contributed by atoms with E-state index >= 15 is 0 Å². The second-order valence-corrected chi connectivity index (χ2v) is 2.37. The average molecular weight is 147 g/mol. The van der Waals surface area contributed by atoms with Crippen LogP contribution in [-0.2, 0) is 0 Å². The normalized spacial score (nSPS) is 11.3. The first kappa shape index (κ1) is 8.50. The Kier molecular flexibility index (Phi) is 3.32.